The Kier molecular flexibility index (Phi) is 9.54. The molecule has 0 bridgehead atoms. The second kappa shape index (κ2) is 13.5. The molecule has 1 aliphatic carbocycles. The van der Waals surface area contributed by atoms with Gasteiger partial charge < -0.3 is 21.1 Å². The predicted octanol–water partition coefficient (Wildman–Crippen LogP) is 5.09. The Balaban J connectivity index is 1.51. The van der Waals surface area contributed by atoms with E-state index in [1.165, 1.54) is 11.3 Å². The number of anilines is 2. The number of nitrogens with two attached hydrogens (primary N) is 1. The molecule has 0 radical (unpaired) electrons. The molecule has 2 heterocycles. The predicted molar refractivity (Wildman–Crippen MR) is 165 cm³/mol. The SMILES string of the molecule is Cc1ccc([C@@H](C(=O)NC[C@@H]2CCCO2)N(C(=O)c2snc(C(=O)NC3CCCCC3)c2N)c2ccccc2C)cc1. The van der Waals surface area contributed by atoms with Crippen molar-refractivity contribution in [3.8, 4) is 0 Å². The summed E-state index contributed by atoms with van der Waals surface area (Å²) in [5, 5.41) is 6.07. The Morgan fingerprint density at radius 2 is 1.76 bits per heavy atom. The van der Waals surface area contributed by atoms with Crippen molar-refractivity contribution in [1.82, 2.24) is 15.0 Å². The van der Waals surface area contributed by atoms with Crippen molar-refractivity contribution in [2.24, 2.45) is 0 Å². The van der Waals surface area contributed by atoms with E-state index < -0.39 is 11.9 Å². The fraction of sp³-hybridized carbons (Fsp3) is 0.438. The van der Waals surface area contributed by atoms with Crippen LogP contribution in [0.25, 0.3) is 0 Å². The number of ether oxygens (including phenoxy) is 1. The number of carbonyl (C=O) groups is 3. The third-order valence-electron chi connectivity index (χ3n) is 8.10. The van der Waals surface area contributed by atoms with Gasteiger partial charge in [-0.3, -0.25) is 19.3 Å². The maximum atomic E-state index is 14.5. The zero-order valence-corrected chi connectivity index (χ0v) is 25.0. The lowest BCUT2D eigenvalue weighted by Gasteiger charge is -2.32. The minimum absolute atomic E-state index is 0.0271. The van der Waals surface area contributed by atoms with Crippen LogP contribution in [0, 0.1) is 13.8 Å². The van der Waals surface area contributed by atoms with E-state index >= 15 is 0 Å². The van der Waals surface area contributed by atoms with Gasteiger partial charge in [-0.1, -0.05) is 67.3 Å². The molecule has 3 aromatic rings. The summed E-state index contributed by atoms with van der Waals surface area (Å²) in [6.45, 7) is 4.89. The van der Waals surface area contributed by atoms with Crippen LogP contribution in [0.2, 0.25) is 0 Å². The van der Waals surface area contributed by atoms with E-state index in [2.05, 4.69) is 15.0 Å². The summed E-state index contributed by atoms with van der Waals surface area (Å²) in [4.78, 5) is 43.2. The van der Waals surface area contributed by atoms with Crippen molar-refractivity contribution in [3.05, 3.63) is 75.8 Å². The van der Waals surface area contributed by atoms with E-state index in [4.69, 9.17) is 10.5 Å². The van der Waals surface area contributed by atoms with Crippen molar-refractivity contribution >= 4 is 40.6 Å². The molecule has 2 atom stereocenters. The number of amides is 3. The highest BCUT2D eigenvalue weighted by Gasteiger charge is 2.37. The van der Waals surface area contributed by atoms with Crippen LogP contribution in [0.15, 0.2) is 48.5 Å². The average molecular weight is 590 g/mol. The van der Waals surface area contributed by atoms with Gasteiger partial charge in [0.15, 0.2) is 5.69 Å². The van der Waals surface area contributed by atoms with E-state index in [-0.39, 0.29) is 40.2 Å². The number of aromatic nitrogens is 1. The molecule has 2 aliphatic rings. The van der Waals surface area contributed by atoms with Gasteiger partial charge in [0.2, 0.25) is 5.91 Å². The van der Waals surface area contributed by atoms with E-state index in [0.29, 0.717) is 24.4 Å². The normalized spacial score (nSPS) is 17.9. The van der Waals surface area contributed by atoms with Crippen molar-refractivity contribution in [2.45, 2.75) is 77.0 Å². The van der Waals surface area contributed by atoms with Crippen LogP contribution in [0.5, 0.6) is 0 Å². The average Bonchev–Trinajstić information content (AvgIpc) is 3.66. The molecular weight excluding hydrogens is 550 g/mol. The molecule has 1 aromatic heterocycles. The lowest BCUT2D eigenvalue weighted by molar-refractivity contribution is -0.123. The van der Waals surface area contributed by atoms with Crippen LogP contribution < -0.4 is 21.3 Å². The first-order valence-corrected chi connectivity index (χ1v) is 15.5. The van der Waals surface area contributed by atoms with Gasteiger partial charge in [-0.25, -0.2) is 0 Å². The zero-order chi connectivity index (χ0) is 29.6. The van der Waals surface area contributed by atoms with Gasteiger partial charge >= 0.3 is 0 Å². The molecule has 0 unspecified atom stereocenters. The Morgan fingerprint density at radius 1 is 1.02 bits per heavy atom. The molecule has 10 heteroatoms. The van der Waals surface area contributed by atoms with Gasteiger partial charge in [0.1, 0.15) is 10.9 Å². The first-order chi connectivity index (χ1) is 20.3. The zero-order valence-electron chi connectivity index (χ0n) is 24.2. The number of nitrogens with one attached hydrogen (secondary N) is 2. The van der Waals surface area contributed by atoms with Crippen LogP contribution >= 0.6 is 11.5 Å². The topological polar surface area (TPSA) is 127 Å². The molecule has 0 spiro atoms. The Hall–Kier alpha value is -3.76. The first-order valence-electron chi connectivity index (χ1n) is 14.7. The largest absolute Gasteiger partial charge is 0.395 e. The number of carbonyl (C=O) groups excluding carboxylic acids is 3. The van der Waals surface area contributed by atoms with E-state index in [1.807, 2.05) is 62.4 Å². The van der Waals surface area contributed by atoms with Crippen molar-refractivity contribution in [2.75, 3.05) is 23.8 Å². The van der Waals surface area contributed by atoms with E-state index in [0.717, 1.165) is 61.2 Å². The molecule has 222 valence electrons. The number of benzene rings is 2. The lowest BCUT2D eigenvalue weighted by atomic mass is 9.95. The van der Waals surface area contributed by atoms with Gasteiger partial charge in [0.25, 0.3) is 11.8 Å². The highest BCUT2D eigenvalue weighted by atomic mass is 32.1. The van der Waals surface area contributed by atoms with Crippen LogP contribution in [0.4, 0.5) is 11.4 Å². The van der Waals surface area contributed by atoms with Crippen molar-refractivity contribution < 1.29 is 19.1 Å². The number of nitrogen functional groups attached to an aromatic ring is 1. The van der Waals surface area contributed by atoms with Gasteiger partial charge in [-0.15, -0.1) is 0 Å². The molecule has 4 N–H and O–H groups in total. The summed E-state index contributed by atoms with van der Waals surface area (Å²) >= 11 is 0.885. The number of hydrogen-bond acceptors (Lipinski definition) is 7. The van der Waals surface area contributed by atoms with E-state index in [1.54, 1.807) is 0 Å². The molecule has 2 aromatic carbocycles. The minimum Gasteiger partial charge on any atom is -0.395 e. The number of nitrogens with zero attached hydrogens (tertiary/aromatic N) is 2. The molecule has 42 heavy (non-hydrogen) atoms. The van der Waals surface area contributed by atoms with Gasteiger partial charge in [-0.05, 0) is 68.3 Å². The summed E-state index contributed by atoms with van der Waals surface area (Å²) in [6.07, 6.45) is 6.92. The van der Waals surface area contributed by atoms with Gasteiger partial charge in [-0.2, -0.15) is 4.37 Å². The van der Waals surface area contributed by atoms with Crippen molar-refractivity contribution in [1.29, 1.82) is 0 Å². The molecule has 2 fully saturated rings. The van der Waals surface area contributed by atoms with Gasteiger partial charge in [0.05, 0.1) is 11.8 Å². The summed E-state index contributed by atoms with van der Waals surface area (Å²) in [6, 6.07) is 14.1. The van der Waals surface area contributed by atoms with Crippen LogP contribution in [0.1, 0.15) is 87.8 Å². The molecule has 1 saturated heterocycles. The molecule has 1 saturated carbocycles. The fourth-order valence-electron chi connectivity index (χ4n) is 5.71. The minimum atomic E-state index is -0.999. The fourth-order valence-corrected chi connectivity index (χ4v) is 6.44. The Labute approximate surface area is 251 Å². The molecule has 1 aliphatic heterocycles. The number of hydrogen-bond donors (Lipinski definition) is 3. The molecule has 3 amide bonds. The standard InChI is InChI=1S/C32H39N5O4S/c1-20-14-16-22(17-15-20)28(31(39)34-19-24-12-8-18-41-24)37(25-13-7-6-9-21(25)2)32(40)29-26(33)27(36-42-29)30(38)35-23-10-4-3-5-11-23/h6-7,9,13-17,23-24,28H,3-5,8,10-12,18-19,33H2,1-2H3,(H,34,39)(H,35,38)/t24-,28-/m0/s1. The van der Waals surface area contributed by atoms with E-state index in [9.17, 15) is 14.4 Å². The number of aryl methyl sites for hydroxylation is 2. The molecular formula is C32H39N5O4S. The number of para-hydroxylation sites is 1. The second-order valence-electron chi connectivity index (χ2n) is 11.2. The molecule has 5 rings (SSSR count). The van der Waals surface area contributed by atoms with Gasteiger partial charge in [0, 0.05) is 24.9 Å². The second-order valence-corrected chi connectivity index (χ2v) is 12.0. The van der Waals surface area contributed by atoms with Crippen molar-refractivity contribution in [3.63, 3.8) is 0 Å². The highest BCUT2D eigenvalue weighted by molar-refractivity contribution is 7.09. The van der Waals surface area contributed by atoms with Crippen LogP contribution in [0.3, 0.4) is 0 Å². The third kappa shape index (κ3) is 6.65. The summed E-state index contributed by atoms with van der Waals surface area (Å²) in [5.41, 5.74) is 9.61. The quantitative estimate of drug-likeness (QED) is 0.319. The molecule has 9 nitrogen and oxygen atoms in total. The summed E-state index contributed by atoms with van der Waals surface area (Å²) in [7, 11) is 0. The monoisotopic (exact) mass is 589 g/mol. The lowest BCUT2D eigenvalue weighted by Crippen LogP contribution is -2.46. The Bertz CT molecular complexity index is 1410. The van der Waals surface area contributed by atoms with Crippen LogP contribution in [-0.2, 0) is 9.53 Å². The smallest absolute Gasteiger partial charge is 0.273 e. The maximum Gasteiger partial charge on any atom is 0.273 e. The van der Waals surface area contributed by atoms with Crippen LogP contribution in [-0.4, -0.2) is 47.4 Å². The Morgan fingerprint density at radius 3 is 2.45 bits per heavy atom. The first kappa shape index (κ1) is 29.7. The summed E-state index contributed by atoms with van der Waals surface area (Å²) in [5.74, 6) is -1.19. The summed E-state index contributed by atoms with van der Waals surface area (Å²) < 4.78 is 10.0. The maximum absolute atomic E-state index is 14.5. The number of rotatable bonds is 9. The highest BCUT2D eigenvalue weighted by Crippen LogP contribution is 2.35. The third-order valence-corrected chi connectivity index (χ3v) is 8.95.